The van der Waals surface area contributed by atoms with E-state index in [-0.39, 0.29) is 23.7 Å². The molecular formula is C20H29FN2O3. The van der Waals surface area contributed by atoms with Gasteiger partial charge in [-0.3, -0.25) is 4.79 Å². The monoisotopic (exact) mass is 364 g/mol. The number of ether oxygens (including phenoxy) is 1. The molecule has 1 atom stereocenters. The van der Waals surface area contributed by atoms with Crippen LogP contribution in [0, 0.1) is 11.7 Å². The molecule has 144 valence electrons. The Morgan fingerprint density at radius 2 is 1.65 bits per heavy atom. The highest BCUT2D eigenvalue weighted by Gasteiger charge is 2.27. The highest BCUT2D eigenvalue weighted by Crippen LogP contribution is 2.28. The second-order valence-corrected chi connectivity index (χ2v) is 7.15. The van der Waals surface area contributed by atoms with Crippen molar-refractivity contribution in [1.29, 1.82) is 0 Å². The lowest BCUT2D eigenvalue weighted by Gasteiger charge is -2.35. The molecule has 0 N–H and O–H groups in total. The average molecular weight is 364 g/mol. The standard InChI is InChI=1S/C20H29FN2O3/c1-4-26-20(25)23-11-9-22(10-12-23)19(24)14-17(13-15(2)3)16-5-7-18(21)8-6-16/h5-8,15,17H,4,9-14H2,1-3H3. The predicted molar refractivity (Wildman–Crippen MR) is 98.4 cm³/mol. The van der Waals surface area contributed by atoms with Crippen molar-refractivity contribution in [2.45, 2.75) is 39.5 Å². The number of hydrogen-bond acceptors (Lipinski definition) is 3. The molecular weight excluding hydrogens is 335 g/mol. The van der Waals surface area contributed by atoms with E-state index in [9.17, 15) is 14.0 Å². The summed E-state index contributed by atoms with van der Waals surface area (Å²) in [6.07, 6.45) is 0.965. The molecule has 1 unspecified atom stereocenters. The molecule has 0 saturated carbocycles. The third-order valence-corrected chi connectivity index (χ3v) is 4.68. The first-order chi connectivity index (χ1) is 12.4. The van der Waals surface area contributed by atoms with Gasteiger partial charge in [0.25, 0.3) is 0 Å². The summed E-state index contributed by atoms with van der Waals surface area (Å²) in [5, 5.41) is 0. The van der Waals surface area contributed by atoms with Crippen LogP contribution in [0.5, 0.6) is 0 Å². The molecule has 6 heteroatoms. The summed E-state index contributed by atoms with van der Waals surface area (Å²) < 4.78 is 18.2. The number of benzene rings is 1. The molecule has 1 fully saturated rings. The van der Waals surface area contributed by atoms with Crippen molar-refractivity contribution in [1.82, 2.24) is 9.80 Å². The number of piperazine rings is 1. The third kappa shape index (κ3) is 5.71. The number of nitrogens with zero attached hydrogens (tertiary/aromatic N) is 2. The molecule has 0 aliphatic carbocycles. The van der Waals surface area contributed by atoms with Gasteiger partial charge in [-0.1, -0.05) is 26.0 Å². The van der Waals surface area contributed by atoms with Crippen molar-refractivity contribution in [3.63, 3.8) is 0 Å². The highest BCUT2D eigenvalue weighted by atomic mass is 19.1. The molecule has 5 nitrogen and oxygen atoms in total. The Morgan fingerprint density at radius 1 is 1.08 bits per heavy atom. The van der Waals surface area contributed by atoms with Gasteiger partial charge < -0.3 is 14.5 Å². The van der Waals surface area contributed by atoms with Crippen LogP contribution in [-0.4, -0.2) is 54.6 Å². The van der Waals surface area contributed by atoms with Gasteiger partial charge in [0.1, 0.15) is 5.82 Å². The van der Waals surface area contributed by atoms with Gasteiger partial charge in [-0.15, -0.1) is 0 Å². The van der Waals surface area contributed by atoms with E-state index in [1.807, 2.05) is 4.90 Å². The zero-order chi connectivity index (χ0) is 19.1. The van der Waals surface area contributed by atoms with E-state index in [0.29, 0.717) is 45.1 Å². The number of halogens is 1. The Bertz CT molecular complexity index is 596. The van der Waals surface area contributed by atoms with Crippen molar-refractivity contribution in [3.05, 3.63) is 35.6 Å². The van der Waals surface area contributed by atoms with Crippen LogP contribution >= 0.6 is 0 Å². The van der Waals surface area contributed by atoms with Gasteiger partial charge in [-0.2, -0.15) is 0 Å². The fourth-order valence-electron chi connectivity index (χ4n) is 3.33. The van der Waals surface area contributed by atoms with Crippen LogP contribution in [0.4, 0.5) is 9.18 Å². The summed E-state index contributed by atoms with van der Waals surface area (Å²) in [6.45, 7) is 8.42. The highest BCUT2D eigenvalue weighted by molar-refractivity contribution is 5.77. The van der Waals surface area contributed by atoms with Gasteiger partial charge in [0.15, 0.2) is 0 Å². The van der Waals surface area contributed by atoms with Crippen LogP contribution in [-0.2, 0) is 9.53 Å². The van der Waals surface area contributed by atoms with Crippen LogP contribution in [0.15, 0.2) is 24.3 Å². The number of amides is 2. The first kappa shape index (κ1) is 20.2. The molecule has 0 bridgehead atoms. The maximum Gasteiger partial charge on any atom is 0.409 e. The van der Waals surface area contributed by atoms with Gasteiger partial charge in [0.05, 0.1) is 6.61 Å². The van der Waals surface area contributed by atoms with Crippen LogP contribution in [0.2, 0.25) is 0 Å². The Balaban J connectivity index is 1.95. The third-order valence-electron chi connectivity index (χ3n) is 4.68. The van der Waals surface area contributed by atoms with Gasteiger partial charge in [-0.05, 0) is 42.9 Å². The molecule has 0 radical (unpaired) electrons. The Kier molecular flexibility index (Phi) is 7.42. The Labute approximate surface area is 155 Å². The molecule has 0 aromatic heterocycles. The molecule has 0 spiro atoms. The number of carbonyl (C=O) groups is 2. The smallest absolute Gasteiger partial charge is 0.409 e. The maximum absolute atomic E-state index is 13.2. The normalized spacial score (nSPS) is 15.9. The average Bonchev–Trinajstić information content (AvgIpc) is 2.61. The lowest BCUT2D eigenvalue weighted by Crippen LogP contribution is -2.50. The molecule has 1 heterocycles. The van der Waals surface area contributed by atoms with Gasteiger partial charge in [0.2, 0.25) is 5.91 Å². The van der Waals surface area contributed by atoms with Gasteiger partial charge in [0, 0.05) is 32.6 Å². The first-order valence-corrected chi connectivity index (χ1v) is 9.35. The van der Waals surface area contributed by atoms with Gasteiger partial charge in [-0.25, -0.2) is 9.18 Å². The Hall–Kier alpha value is -2.11. The van der Waals surface area contributed by atoms with E-state index < -0.39 is 0 Å². The maximum atomic E-state index is 13.2. The molecule has 1 aromatic rings. The van der Waals surface area contributed by atoms with E-state index in [2.05, 4.69) is 13.8 Å². The summed E-state index contributed by atoms with van der Waals surface area (Å²) >= 11 is 0. The van der Waals surface area contributed by atoms with Crippen LogP contribution in [0.1, 0.15) is 45.1 Å². The van der Waals surface area contributed by atoms with E-state index in [1.165, 1.54) is 12.1 Å². The Morgan fingerprint density at radius 3 is 2.19 bits per heavy atom. The van der Waals surface area contributed by atoms with Crippen molar-refractivity contribution in [3.8, 4) is 0 Å². The summed E-state index contributed by atoms with van der Waals surface area (Å²) in [7, 11) is 0. The van der Waals surface area contributed by atoms with Crippen LogP contribution < -0.4 is 0 Å². The predicted octanol–water partition coefficient (Wildman–Crippen LogP) is 3.65. The quantitative estimate of drug-likeness (QED) is 0.774. The lowest BCUT2D eigenvalue weighted by atomic mass is 9.87. The van der Waals surface area contributed by atoms with E-state index in [0.717, 1.165) is 12.0 Å². The molecule has 1 saturated heterocycles. The minimum Gasteiger partial charge on any atom is -0.450 e. The summed E-state index contributed by atoms with van der Waals surface area (Å²) in [5.41, 5.74) is 0.999. The zero-order valence-corrected chi connectivity index (χ0v) is 15.9. The largest absolute Gasteiger partial charge is 0.450 e. The number of carbonyl (C=O) groups excluding carboxylic acids is 2. The lowest BCUT2D eigenvalue weighted by molar-refractivity contribution is -0.133. The minimum absolute atomic E-state index is 0.0752. The van der Waals surface area contributed by atoms with E-state index in [1.54, 1.807) is 24.0 Å². The first-order valence-electron chi connectivity index (χ1n) is 9.35. The summed E-state index contributed by atoms with van der Waals surface area (Å²) in [6, 6.07) is 6.44. The minimum atomic E-state index is -0.316. The fourth-order valence-corrected chi connectivity index (χ4v) is 3.33. The zero-order valence-electron chi connectivity index (χ0n) is 15.9. The summed E-state index contributed by atoms with van der Waals surface area (Å²) in [4.78, 5) is 28.0. The van der Waals surface area contributed by atoms with Crippen molar-refractivity contribution >= 4 is 12.0 Å². The van der Waals surface area contributed by atoms with E-state index >= 15 is 0 Å². The second-order valence-electron chi connectivity index (χ2n) is 7.15. The molecule has 2 rings (SSSR count). The molecule has 2 amide bonds. The number of rotatable bonds is 6. The van der Waals surface area contributed by atoms with Crippen molar-refractivity contribution in [2.24, 2.45) is 5.92 Å². The van der Waals surface area contributed by atoms with E-state index in [4.69, 9.17) is 4.74 Å². The molecule has 1 aliphatic rings. The van der Waals surface area contributed by atoms with Crippen molar-refractivity contribution < 1.29 is 18.7 Å². The van der Waals surface area contributed by atoms with Crippen LogP contribution in [0.3, 0.4) is 0 Å². The fraction of sp³-hybridized carbons (Fsp3) is 0.600. The van der Waals surface area contributed by atoms with Crippen LogP contribution in [0.25, 0.3) is 0 Å². The van der Waals surface area contributed by atoms with Crippen molar-refractivity contribution in [2.75, 3.05) is 32.8 Å². The number of hydrogen-bond donors (Lipinski definition) is 0. The SMILES string of the molecule is CCOC(=O)N1CCN(C(=O)CC(CC(C)C)c2ccc(F)cc2)CC1. The topological polar surface area (TPSA) is 49.9 Å². The summed E-state index contributed by atoms with van der Waals surface area (Å²) in [5.74, 6) is 0.339. The second kappa shape index (κ2) is 9.55. The molecule has 1 aromatic carbocycles. The molecule has 1 aliphatic heterocycles. The molecule has 26 heavy (non-hydrogen) atoms. The van der Waals surface area contributed by atoms with Gasteiger partial charge >= 0.3 is 6.09 Å².